The van der Waals surface area contributed by atoms with Crippen LogP contribution in [0.15, 0.2) is 30.3 Å². The Kier molecular flexibility index (Phi) is 4.05. The molecular weight excluding hydrogens is 222 g/mol. The van der Waals surface area contributed by atoms with E-state index in [4.69, 9.17) is 0 Å². The molecule has 1 aromatic carbocycles. The van der Waals surface area contributed by atoms with Gasteiger partial charge in [0.25, 0.3) is 0 Å². The summed E-state index contributed by atoms with van der Waals surface area (Å²) in [7, 11) is 0. The molecule has 0 saturated heterocycles. The fourth-order valence-corrected chi connectivity index (χ4v) is 2.70. The molecular formula is C16H23NO. The maximum atomic E-state index is 12.3. The number of carbonyl (C=O) groups is 1. The summed E-state index contributed by atoms with van der Waals surface area (Å²) in [5.41, 5.74) is 0.879. The Morgan fingerprint density at radius 2 is 1.72 bits per heavy atom. The van der Waals surface area contributed by atoms with E-state index in [1.54, 1.807) is 0 Å². The average Bonchev–Trinajstić information content (AvgIpc) is 2.40. The van der Waals surface area contributed by atoms with Crippen LogP contribution in [0.25, 0.3) is 0 Å². The van der Waals surface area contributed by atoms with E-state index in [0.717, 1.165) is 18.4 Å². The molecule has 1 saturated carbocycles. The predicted molar refractivity (Wildman–Crippen MR) is 74.2 cm³/mol. The minimum atomic E-state index is -0.282. The zero-order chi connectivity index (χ0) is 13.0. The Balaban J connectivity index is 2.01. The lowest BCUT2D eigenvalue weighted by Crippen LogP contribution is -2.44. The van der Waals surface area contributed by atoms with E-state index in [1.807, 2.05) is 18.2 Å². The van der Waals surface area contributed by atoms with Gasteiger partial charge in [-0.15, -0.1) is 0 Å². The standard InChI is InChI=1S/C16H23NO/c1-16(2,14-11-7-4-8-12-14)17-15(18)13-9-5-3-6-10-13/h4,7-8,11-13H,3,5-6,9-10H2,1-2H3,(H,17,18). The van der Waals surface area contributed by atoms with Crippen molar-refractivity contribution < 1.29 is 4.79 Å². The van der Waals surface area contributed by atoms with Crippen molar-refractivity contribution in [2.45, 2.75) is 51.5 Å². The highest BCUT2D eigenvalue weighted by molar-refractivity contribution is 5.79. The van der Waals surface area contributed by atoms with Crippen LogP contribution in [0.1, 0.15) is 51.5 Å². The summed E-state index contributed by atoms with van der Waals surface area (Å²) in [4.78, 5) is 12.3. The largest absolute Gasteiger partial charge is 0.347 e. The van der Waals surface area contributed by atoms with Gasteiger partial charge in [-0.2, -0.15) is 0 Å². The van der Waals surface area contributed by atoms with Gasteiger partial charge in [-0.05, 0) is 32.3 Å². The summed E-state index contributed by atoms with van der Waals surface area (Å²) in [5, 5.41) is 3.20. The average molecular weight is 245 g/mol. The Morgan fingerprint density at radius 1 is 1.11 bits per heavy atom. The lowest BCUT2D eigenvalue weighted by atomic mass is 9.87. The van der Waals surface area contributed by atoms with Gasteiger partial charge in [0.1, 0.15) is 0 Å². The minimum absolute atomic E-state index is 0.224. The molecule has 0 bridgehead atoms. The van der Waals surface area contributed by atoms with E-state index >= 15 is 0 Å². The van der Waals surface area contributed by atoms with Crippen LogP contribution in [0.2, 0.25) is 0 Å². The topological polar surface area (TPSA) is 29.1 Å². The molecule has 1 aliphatic rings. The summed E-state index contributed by atoms with van der Waals surface area (Å²) in [6.07, 6.45) is 5.78. The van der Waals surface area contributed by atoms with Crippen molar-refractivity contribution in [2.75, 3.05) is 0 Å². The van der Waals surface area contributed by atoms with Gasteiger partial charge in [-0.25, -0.2) is 0 Å². The van der Waals surface area contributed by atoms with Gasteiger partial charge in [0.2, 0.25) is 5.91 Å². The highest BCUT2D eigenvalue weighted by atomic mass is 16.2. The summed E-state index contributed by atoms with van der Waals surface area (Å²) in [6, 6.07) is 10.2. The first-order valence-electron chi connectivity index (χ1n) is 6.97. The van der Waals surface area contributed by atoms with Gasteiger partial charge in [0, 0.05) is 5.92 Å². The highest BCUT2D eigenvalue weighted by Gasteiger charge is 2.27. The Labute approximate surface area is 110 Å². The maximum absolute atomic E-state index is 12.3. The summed E-state index contributed by atoms with van der Waals surface area (Å²) >= 11 is 0. The molecule has 2 nitrogen and oxygen atoms in total. The quantitative estimate of drug-likeness (QED) is 0.866. The molecule has 2 heteroatoms. The number of hydrogen-bond acceptors (Lipinski definition) is 1. The number of rotatable bonds is 3. The Bertz CT molecular complexity index is 391. The molecule has 0 aromatic heterocycles. The van der Waals surface area contributed by atoms with Gasteiger partial charge >= 0.3 is 0 Å². The first-order chi connectivity index (χ1) is 8.59. The predicted octanol–water partition coefficient (Wildman–Crippen LogP) is 3.62. The Morgan fingerprint density at radius 3 is 2.33 bits per heavy atom. The molecule has 1 aromatic rings. The monoisotopic (exact) mass is 245 g/mol. The minimum Gasteiger partial charge on any atom is -0.347 e. The van der Waals surface area contributed by atoms with E-state index in [-0.39, 0.29) is 17.4 Å². The first kappa shape index (κ1) is 13.1. The van der Waals surface area contributed by atoms with Gasteiger partial charge in [-0.3, -0.25) is 4.79 Å². The van der Waals surface area contributed by atoms with E-state index in [1.165, 1.54) is 19.3 Å². The van der Waals surface area contributed by atoms with Crippen LogP contribution in [0, 0.1) is 5.92 Å². The number of nitrogens with one attached hydrogen (secondary N) is 1. The molecule has 1 N–H and O–H groups in total. The first-order valence-corrected chi connectivity index (χ1v) is 6.97. The van der Waals surface area contributed by atoms with Crippen molar-refractivity contribution >= 4 is 5.91 Å². The molecule has 1 fully saturated rings. The highest BCUT2D eigenvalue weighted by Crippen LogP contribution is 2.26. The second kappa shape index (κ2) is 5.55. The van der Waals surface area contributed by atoms with Gasteiger partial charge in [-0.1, -0.05) is 49.6 Å². The van der Waals surface area contributed by atoms with Crippen molar-refractivity contribution in [2.24, 2.45) is 5.92 Å². The molecule has 0 aliphatic heterocycles. The van der Waals surface area contributed by atoms with Crippen molar-refractivity contribution in [3.8, 4) is 0 Å². The number of benzene rings is 1. The lowest BCUT2D eigenvalue weighted by molar-refractivity contribution is -0.127. The molecule has 18 heavy (non-hydrogen) atoms. The summed E-state index contributed by atoms with van der Waals surface area (Å²) in [6.45, 7) is 4.14. The molecule has 0 radical (unpaired) electrons. The van der Waals surface area contributed by atoms with Crippen molar-refractivity contribution in [3.05, 3.63) is 35.9 Å². The fourth-order valence-electron chi connectivity index (χ4n) is 2.70. The van der Waals surface area contributed by atoms with Gasteiger partial charge in [0.05, 0.1) is 5.54 Å². The van der Waals surface area contributed by atoms with E-state index in [9.17, 15) is 4.79 Å². The molecule has 0 spiro atoms. The number of hydrogen-bond donors (Lipinski definition) is 1. The second-order valence-corrected chi connectivity index (χ2v) is 5.82. The third-order valence-electron chi connectivity index (χ3n) is 3.91. The molecule has 0 unspecified atom stereocenters. The zero-order valence-corrected chi connectivity index (χ0v) is 11.4. The van der Waals surface area contributed by atoms with Crippen LogP contribution >= 0.6 is 0 Å². The SMILES string of the molecule is CC(C)(NC(=O)C1CCCCC1)c1ccccc1. The normalized spacial score (nSPS) is 17.4. The third-order valence-corrected chi connectivity index (χ3v) is 3.91. The second-order valence-electron chi connectivity index (χ2n) is 5.82. The van der Waals surface area contributed by atoms with Crippen LogP contribution in [0.4, 0.5) is 0 Å². The molecule has 1 amide bonds. The van der Waals surface area contributed by atoms with Crippen molar-refractivity contribution in [1.29, 1.82) is 0 Å². The van der Waals surface area contributed by atoms with Crippen LogP contribution in [-0.2, 0) is 10.3 Å². The molecule has 2 rings (SSSR count). The van der Waals surface area contributed by atoms with E-state index in [0.29, 0.717) is 0 Å². The third kappa shape index (κ3) is 3.12. The molecule has 0 atom stereocenters. The van der Waals surface area contributed by atoms with Crippen LogP contribution in [0.5, 0.6) is 0 Å². The van der Waals surface area contributed by atoms with E-state index in [2.05, 4.69) is 31.3 Å². The summed E-state index contributed by atoms with van der Waals surface area (Å²) in [5.74, 6) is 0.449. The number of carbonyl (C=O) groups excluding carboxylic acids is 1. The Hall–Kier alpha value is -1.31. The van der Waals surface area contributed by atoms with Crippen LogP contribution in [-0.4, -0.2) is 5.91 Å². The van der Waals surface area contributed by atoms with E-state index < -0.39 is 0 Å². The molecule has 98 valence electrons. The number of amides is 1. The van der Waals surface area contributed by atoms with Crippen molar-refractivity contribution in [3.63, 3.8) is 0 Å². The molecule has 1 aliphatic carbocycles. The maximum Gasteiger partial charge on any atom is 0.223 e. The fraction of sp³-hybridized carbons (Fsp3) is 0.562. The van der Waals surface area contributed by atoms with Crippen LogP contribution < -0.4 is 5.32 Å². The zero-order valence-electron chi connectivity index (χ0n) is 11.4. The summed E-state index contributed by atoms with van der Waals surface area (Å²) < 4.78 is 0. The van der Waals surface area contributed by atoms with Gasteiger partial charge in [0.15, 0.2) is 0 Å². The van der Waals surface area contributed by atoms with Crippen molar-refractivity contribution in [1.82, 2.24) is 5.32 Å². The molecule has 0 heterocycles. The lowest BCUT2D eigenvalue weighted by Gasteiger charge is -2.30. The van der Waals surface area contributed by atoms with Gasteiger partial charge < -0.3 is 5.32 Å². The van der Waals surface area contributed by atoms with Crippen LogP contribution in [0.3, 0.4) is 0 Å². The smallest absolute Gasteiger partial charge is 0.223 e.